The lowest BCUT2D eigenvalue weighted by molar-refractivity contribution is 0.149. The number of aryl methyl sites for hydroxylation is 1. The zero-order chi connectivity index (χ0) is 14.6. The van der Waals surface area contributed by atoms with Gasteiger partial charge in [-0.05, 0) is 55.9 Å². The molecule has 0 aromatic carbocycles. The van der Waals surface area contributed by atoms with Crippen LogP contribution in [0.5, 0.6) is 0 Å². The number of thiazole rings is 1. The lowest BCUT2D eigenvalue weighted by atomic mass is 9.70. The fraction of sp³-hybridized carbons (Fsp3) is 0.824. The van der Waals surface area contributed by atoms with Crippen molar-refractivity contribution < 1.29 is 0 Å². The molecule has 3 heteroatoms. The van der Waals surface area contributed by atoms with Crippen molar-refractivity contribution in [2.75, 3.05) is 6.54 Å². The van der Waals surface area contributed by atoms with Crippen molar-refractivity contribution >= 4 is 11.3 Å². The quantitative estimate of drug-likeness (QED) is 0.855. The molecule has 1 aromatic heterocycles. The van der Waals surface area contributed by atoms with Crippen LogP contribution in [0, 0.1) is 17.3 Å². The molecule has 20 heavy (non-hydrogen) atoms. The summed E-state index contributed by atoms with van der Waals surface area (Å²) in [6.45, 7) is 11.5. The Bertz CT molecular complexity index is 397. The van der Waals surface area contributed by atoms with Crippen molar-refractivity contribution in [1.82, 2.24) is 10.3 Å². The molecule has 1 saturated carbocycles. The molecule has 0 bridgehead atoms. The Balaban J connectivity index is 1.66. The first kappa shape index (κ1) is 16.0. The predicted molar refractivity (Wildman–Crippen MR) is 88.1 cm³/mol. The summed E-state index contributed by atoms with van der Waals surface area (Å²) in [7, 11) is 0. The van der Waals surface area contributed by atoms with E-state index in [1.54, 1.807) is 0 Å². The molecule has 1 N–H and O–H groups in total. The molecule has 1 aromatic rings. The third-order valence-electron chi connectivity index (χ3n) is 4.73. The second kappa shape index (κ2) is 7.04. The maximum Gasteiger partial charge on any atom is 0.107 e. The minimum atomic E-state index is 0.496. The van der Waals surface area contributed by atoms with E-state index in [0.717, 1.165) is 31.3 Å². The van der Waals surface area contributed by atoms with E-state index in [-0.39, 0.29) is 0 Å². The summed E-state index contributed by atoms with van der Waals surface area (Å²) >= 11 is 1.85. The van der Waals surface area contributed by atoms with E-state index in [4.69, 9.17) is 0 Å². The van der Waals surface area contributed by atoms with Crippen LogP contribution in [-0.2, 0) is 13.0 Å². The van der Waals surface area contributed by atoms with Gasteiger partial charge in [-0.15, -0.1) is 11.3 Å². The van der Waals surface area contributed by atoms with Gasteiger partial charge < -0.3 is 5.32 Å². The van der Waals surface area contributed by atoms with Gasteiger partial charge in [0.25, 0.3) is 0 Å². The summed E-state index contributed by atoms with van der Waals surface area (Å²) in [5, 5.41) is 4.85. The van der Waals surface area contributed by atoms with E-state index in [1.165, 1.54) is 35.6 Å². The average molecular weight is 295 g/mol. The Morgan fingerprint density at radius 2 is 1.95 bits per heavy atom. The molecule has 114 valence electrons. The van der Waals surface area contributed by atoms with Crippen LogP contribution >= 0.6 is 11.3 Å². The minimum absolute atomic E-state index is 0.496. The van der Waals surface area contributed by atoms with E-state index in [9.17, 15) is 0 Å². The topological polar surface area (TPSA) is 24.9 Å². The van der Waals surface area contributed by atoms with Crippen LogP contribution in [-0.4, -0.2) is 11.5 Å². The molecule has 0 atom stereocenters. The van der Waals surface area contributed by atoms with Crippen molar-refractivity contribution in [3.8, 4) is 0 Å². The molecule has 0 radical (unpaired) electrons. The highest BCUT2D eigenvalue weighted by molar-refractivity contribution is 7.11. The number of hydrogen-bond acceptors (Lipinski definition) is 3. The molecular weight excluding hydrogens is 264 g/mol. The van der Waals surface area contributed by atoms with Crippen LogP contribution in [0.4, 0.5) is 0 Å². The summed E-state index contributed by atoms with van der Waals surface area (Å²) in [6, 6.07) is 0. The summed E-state index contributed by atoms with van der Waals surface area (Å²) in [4.78, 5) is 5.87. The average Bonchev–Trinajstić information content (AvgIpc) is 2.86. The monoisotopic (exact) mass is 294 g/mol. The summed E-state index contributed by atoms with van der Waals surface area (Å²) in [5.74, 6) is 1.80. The first-order chi connectivity index (χ1) is 9.49. The second-order valence-corrected chi connectivity index (χ2v) is 8.49. The number of nitrogens with zero attached hydrogens (tertiary/aromatic N) is 1. The standard InChI is InChI=1S/C17H30N2S/c1-5-15-11-19-16(20-15)12-18-10-13-6-8-14(9-7-13)17(2,3)4/h11,13-14,18H,5-10,12H2,1-4H3. The molecule has 2 nitrogen and oxygen atoms in total. The molecule has 0 unspecified atom stereocenters. The van der Waals surface area contributed by atoms with Crippen molar-refractivity contribution in [2.45, 2.75) is 66.3 Å². The smallest absolute Gasteiger partial charge is 0.107 e. The van der Waals surface area contributed by atoms with E-state index >= 15 is 0 Å². The van der Waals surface area contributed by atoms with Crippen LogP contribution in [0.1, 0.15) is 63.3 Å². The van der Waals surface area contributed by atoms with Gasteiger partial charge in [-0.25, -0.2) is 4.98 Å². The number of hydrogen-bond donors (Lipinski definition) is 1. The molecular formula is C17H30N2S. The van der Waals surface area contributed by atoms with Gasteiger partial charge in [-0.1, -0.05) is 27.7 Å². The molecule has 0 amide bonds. The van der Waals surface area contributed by atoms with Crippen LogP contribution in [0.2, 0.25) is 0 Å². The van der Waals surface area contributed by atoms with Crippen molar-refractivity contribution in [1.29, 1.82) is 0 Å². The number of nitrogens with one attached hydrogen (secondary N) is 1. The van der Waals surface area contributed by atoms with Gasteiger partial charge in [-0.2, -0.15) is 0 Å². The summed E-state index contributed by atoms with van der Waals surface area (Å²) in [6.07, 6.45) is 8.74. The maximum atomic E-state index is 4.47. The van der Waals surface area contributed by atoms with Crippen LogP contribution < -0.4 is 5.32 Å². The van der Waals surface area contributed by atoms with E-state index in [2.05, 4.69) is 38.0 Å². The molecule has 2 rings (SSSR count). The van der Waals surface area contributed by atoms with Gasteiger partial charge in [0.05, 0.1) is 0 Å². The zero-order valence-electron chi connectivity index (χ0n) is 13.5. The first-order valence-corrected chi connectivity index (χ1v) is 8.95. The minimum Gasteiger partial charge on any atom is -0.310 e. The van der Waals surface area contributed by atoms with Crippen molar-refractivity contribution in [3.63, 3.8) is 0 Å². The van der Waals surface area contributed by atoms with Gasteiger partial charge in [0.15, 0.2) is 0 Å². The fourth-order valence-electron chi connectivity index (χ4n) is 3.21. The Hall–Kier alpha value is -0.410. The Morgan fingerprint density at radius 1 is 1.25 bits per heavy atom. The molecule has 1 fully saturated rings. The van der Waals surface area contributed by atoms with Crippen LogP contribution in [0.3, 0.4) is 0 Å². The lowest BCUT2D eigenvalue weighted by Gasteiger charge is -2.37. The van der Waals surface area contributed by atoms with E-state index < -0.39 is 0 Å². The van der Waals surface area contributed by atoms with Gasteiger partial charge in [0.2, 0.25) is 0 Å². The molecule has 0 aliphatic heterocycles. The number of aromatic nitrogens is 1. The van der Waals surface area contributed by atoms with Gasteiger partial charge in [0, 0.05) is 17.6 Å². The lowest BCUT2D eigenvalue weighted by Crippen LogP contribution is -2.30. The third kappa shape index (κ3) is 4.56. The van der Waals surface area contributed by atoms with Crippen LogP contribution in [0.15, 0.2) is 6.20 Å². The molecule has 1 aliphatic carbocycles. The zero-order valence-corrected chi connectivity index (χ0v) is 14.4. The fourth-order valence-corrected chi connectivity index (χ4v) is 4.04. The highest BCUT2D eigenvalue weighted by Gasteiger charge is 2.29. The Kier molecular flexibility index (Phi) is 5.62. The molecule has 0 spiro atoms. The highest BCUT2D eigenvalue weighted by atomic mass is 32.1. The highest BCUT2D eigenvalue weighted by Crippen LogP contribution is 2.39. The Labute approximate surface area is 128 Å². The second-order valence-electron chi connectivity index (χ2n) is 7.29. The van der Waals surface area contributed by atoms with Crippen LogP contribution in [0.25, 0.3) is 0 Å². The van der Waals surface area contributed by atoms with Crippen molar-refractivity contribution in [3.05, 3.63) is 16.1 Å². The molecule has 1 aliphatic rings. The molecule has 0 saturated heterocycles. The SMILES string of the molecule is CCc1cnc(CNCC2CCC(C(C)(C)C)CC2)s1. The van der Waals surface area contributed by atoms with Gasteiger partial charge in [-0.3, -0.25) is 0 Å². The van der Waals surface area contributed by atoms with Crippen molar-refractivity contribution in [2.24, 2.45) is 17.3 Å². The normalized spacial score (nSPS) is 24.0. The Morgan fingerprint density at radius 3 is 2.50 bits per heavy atom. The van der Waals surface area contributed by atoms with Gasteiger partial charge in [0.1, 0.15) is 5.01 Å². The van der Waals surface area contributed by atoms with E-state index in [1.807, 2.05) is 17.5 Å². The summed E-state index contributed by atoms with van der Waals surface area (Å²) in [5.41, 5.74) is 0.496. The van der Waals surface area contributed by atoms with Gasteiger partial charge >= 0.3 is 0 Å². The van der Waals surface area contributed by atoms with E-state index in [0.29, 0.717) is 5.41 Å². The third-order valence-corrected chi connectivity index (χ3v) is 5.87. The maximum absolute atomic E-state index is 4.47. The first-order valence-electron chi connectivity index (χ1n) is 8.13. The molecule has 1 heterocycles. The predicted octanol–water partition coefficient (Wildman–Crippen LogP) is 4.65. The number of rotatable bonds is 5. The summed E-state index contributed by atoms with van der Waals surface area (Å²) < 4.78 is 0. The largest absolute Gasteiger partial charge is 0.310 e.